The summed E-state index contributed by atoms with van der Waals surface area (Å²) < 4.78 is 11.9. The first-order valence-corrected chi connectivity index (χ1v) is 11.0. The standard InChI is InChI=1S/C21H41N3O3/c1-4-21(5-2,17-25)16-23-20(22-6-3)24-12-10-18(11-13-24)27-15-19-9-7-8-14-26-19/h18-19,25H,4-17H2,1-3H3,(H,22,23). The number of ether oxygens (including phenoxy) is 2. The minimum atomic E-state index is -0.0951. The van der Waals surface area contributed by atoms with Crippen molar-refractivity contribution in [2.45, 2.75) is 77.9 Å². The number of rotatable bonds is 9. The van der Waals surface area contributed by atoms with E-state index < -0.39 is 0 Å². The Balaban J connectivity index is 1.82. The smallest absolute Gasteiger partial charge is 0.193 e. The summed E-state index contributed by atoms with van der Waals surface area (Å²) in [4.78, 5) is 7.22. The maximum atomic E-state index is 9.80. The first-order valence-electron chi connectivity index (χ1n) is 11.0. The van der Waals surface area contributed by atoms with Crippen LogP contribution in [0.1, 0.15) is 65.7 Å². The molecule has 0 aliphatic carbocycles. The van der Waals surface area contributed by atoms with Crippen molar-refractivity contribution in [2.75, 3.05) is 46.0 Å². The van der Waals surface area contributed by atoms with Gasteiger partial charge in [0.25, 0.3) is 0 Å². The lowest BCUT2D eigenvalue weighted by molar-refractivity contribution is -0.0721. The molecule has 0 bridgehead atoms. The summed E-state index contributed by atoms with van der Waals surface area (Å²) in [5.41, 5.74) is -0.0951. The highest BCUT2D eigenvalue weighted by molar-refractivity contribution is 5.80. The van der Waals surface area contributed by atoms with E-state index in [9.17, 15) is 5.11 Å². The van der Waals surface area contributed by atoms with E-state index in [1.807, 2.05) is 0 Å². The molecule has 2 aliphatic rings. The Hall–Kier alpha value is -0.850. The van der Waals surface area contributed by atoms with Crippen molar-refractivity contribution in [2.24, 2.45) is 10.4 Å². The Bertz CT molecular complexity index is 418. The summed E-state index contributed by atoms with van der Waals surface area (Å²) in [5, 5.41) is 13.2. The van der Waals surface area contributed by atoms with Crippen LogP contribution in [-0.2, 0) is 9.47 Å². The van der Waals surface area contributed by atoms with Gasteiger partial charge in [-0.25, -0.2) is 0 Å². The van der Waals surface area contributed by atoms with Crippen LogP contribution in [0.5, 0.6) is 0 Å². The lowest BCUT2D eigenvalue weighted by Crippen LogP contribution is -2.47. The molecule has 1 unspecified atom stereocenters. The summed E-state index contributed by atoms with van der Waals surface area (Å²) >= 11 is 0. The monoisotopic (exact) mass is 383 g/mol. The molecule has 0 saturated carbocycles. The fraction of sp³-hybridized carbons (Fsp3) is 0.952. The minimum absolute atomic E-state index is 0.0951. The summed E-state index contributed by atoms with van der Waals surface area (Å²) in [6.07, 6.45) is 8.17. The maximum Gasteiger partial charge on any atom is 0.193 e. The Labute approximate surface area is 165 Å². The largest absolute Gasteiger partial charge is 0.396 e. The molecule has 2 heterocycles. The average Bonchev–Trinajstić information content (AvgIpc) is 2.74. The number of aliphatic hydroxyl groups is 1. The number of piperidine rings is 1. The first kappa shape index (κ1) is 22.4. The fourth-order valence-corrected chi connectivity index (χ4v) is 3.83. The zero-order chi connectivity index (χ0) is 19.5. The third-order valence-corrected chi connectivity index (χ3v) is 6.27. The van der Waals surface area contributed by atoms with Gasteiger partial charge in [-0.15, -0.1) is 0 Å². The van der Waals surface area contributed by atoms with Gasteiger partial charge in [-0.05, 0) is 51.9 Å². The molecular weight excluding hydrogens is 342 g/mol. The molecule has 0 aromatic carbocycles. The van der Waals surface area contributed by atoms with Gasteiger partial charge >= 0.3 is 0 Å². The summed E-state index contributed by atoms with van der Waals surface area (Å²) in [6, 6.07) is 0. The average molecular weight is 384 g/mol. The van der Waals surface area contributed by atoms with E-state index in [0.29, 0.717) is 18.8 Å². The summed E-state index contributed by atoms with van der Waals surface area (Å²) in [6.45, 7) is 11.7. The quantitative estimate of drug-likeness (QED) is 0.473. The van der Waals surface area contributed by atoms with Gasteiger partial charge in [0, 0.05) is 31.7 Å². The number of hydrogen-bond donors (Lipinski definition) is 2. The van der Waals surface area contributed by atoms with Gasteiger partial charge in [0.1, 0.15) is 0 Å². The van der Waals surface area contributed by atoms with Crippen molar-refractivity contribution in [3.8, 4) is 0 Å². The van der Waals surface area contributed by atoms with Gasteiger partial charge in [0.15, 0.2) is 5.96 Å². The fourth-order valence-electron chi connectivity index (χ4n) is 3.83. The first-order chi connectivity index (χ1) is 13.2. The lowest BCUT2D eigenvalue weighted by Gasteiger charge is -2.36. The predicted octanol–water partition coefficient (Wildman–Crippen LogP) is 2.80. The number of nitrogens with zero attached hydrogens (tertiary/aromatic N) is 2. The minimum Gasteiger partial charge on any atom is -0.396 e. The van der Waals surface area contributed by atoms with Crippen molar-refractivity contribution < 1.29 is 14.6 Å². The molecule has 6 heteroatoms. The highest BCUT2D eigenvalue weighted by atomic mass is 16.5. The molecule has 0 amide bonds. The molecule has 2 fully saturated rings. The molecule has 158 valence electrons. The molecule has 6 nitrogen and oxygen atoms in total. The van der Waals surface area contributed by atoms with Crippen molar-refractivity contribution in [3.05, 3.63) is 0 Å². The van der Waals surface area contributed by atoms with E-state index in [-0.39, 0.29) is 12.0 Å². The second-order valence-corrected chi connectivity index (χ2v) is 8.04. The third-order valence-electron chi connectivity index (χ3n) is 6.27. The van der Waals surface area contributed by atoms with Crippen LogP contribution in [-0.4, -0.2) is 74.2 Å². The summed E-state index contributed by atoms with van der Waals surface area (Å²) in [7, 11) is 0. The third kappa shape index (κ3) is 6.91. The van der Waals surface area contributed by atoms with E-state index in [0.717, 1.165) is 70.9 Å². The van der Waals surface area contributed by atoms with Crippen LogP contribution in [0, 0.1) is 5.41 Å². The Morgan fingerprint density at radius 1 is 1.19 bits per heavy atom. The Morgan fingerprint density at radius 3 is 2.48 bits per heavy atom. The van der Waals surface area contributed by atoms with Gasteiger partial charge in [0.2, 0.25) is 0 Å². The lowest BCUT2D eigenvalue weighted by atomic mass is 9.83. The molecule has 0 aromatic heterocycles. The molecule has 2 N–H and O–H groups in total. The number of guanidine groups is 1. The molecular formula is C21H41N3O3. The van der Waals surface area contributed by atoms with Crippen molar-refractivity contribution >= 4 is 5.96 Å². The normalized spacial score (nSPS) is 22.9. The zero-order valence-electron chi connectivity index (χ0n) is 17.7. The summed E-state index contributed by atoms with van der Waals surface area (Å²) in [5.74, 6) is 0.978. The maximum absolute atomic E-state index is 9.80. The Morgan fingerprint density at radius 2 is 1.93 bits per heavy atom. The molecule has 1 atom stereocenters. The number of likely N-dealkylation sites (tertiary alicyclic amines) is 1. The SMILES string of the molecule is CCNC(=NCC(CC)(CC)CO)N1CCC(OCC2CCCCO2)CC1. The van der Waals surface area contributed by atoms with E-state index in [1.165, 1.54) is 12.8 Å². The van der Waals surface area contributed by atoms with Gasteiger partial charge in [0.05, 0.1) is 32.0 Å². The van der Waals surface area contributed by atoms with Crippen LogP contribution in [0.3, 0.4) is 0 Å². The van der Waals surface area contributed by atoms with Gasteiger partial charge in [-0.3, -0.25) is 4.99 Å². The molecule has 27 heavy (non-hydrogen) atoms. The number of nitrogens with one attached hydrogen (secondary N) is 1. The molecule has 2 aliphatic heterocycles. The zero-order valence-corrected chi connectivity index (χ0v) is 17.7. The number of hydrogen-bond acceptors (Lipinski definition) is 4. The molecule has 0 radical (unpaired) electrons. The van der Waals surface area contributed by atoms with Gasteiger partial charge < -0.3 is 24.8 Å². The second-order valence-electron chi connectivity index (χ2n) is 8.04. The van der Waals surface area contributed by atoms with Crippen molar-refractivity contribution in [1.29, 1.82) is 0 Å². The van der Waals surface area contributed by atoms with Crippen molar-refractivity contribution in [1.82, 2.24) is 10.2 Å². The molecule has 2 saturated heterocycles. The topological polar surface area (TPSA) is 66.3 Å². The Kier molecular flexibility index (Phi) is 9.87. The highest BCUT2D eigenvalue weighted by Gasteiger charge is 2.27. The number of aliphatic imine (C=N–C) groups is 1. The van der Waals surface area contributed by atoms with E-state index in [4.69, 9.17) is 14.5 Å². The molecule has 0 spiro atoms. The van der Waals surface area contributed by atoms with Crippen LogP contribution >= 0.6 is 0 Å². The highest BCUT2D eigenvalue weighted by Crippen LogP contribution is 2.26. The van der Waals surface area contributed by atoms with Crippen molar-refractivity contribution in [3.63, 3.8) is 0 Å². The van der Waals surface area contributed by atoms with Crippen LogP contribution in [0.2, 0.25) is 0 Å². The van der Waals surface area contributed by atoms with Crippen LogP contribution in [0.4, 0.5) is 0 Å². The van der Waals surface area contributed by atoms with Gasteiger partial charge in [-0.1, -0.05) is 13.8 Å². The van der Waals surface area contributed by atoms with E-state index in [2.05, 4.69) is 31.0 Å². The van der Waals surface area contributed by atoms with E-state index >= 15 is 0 Å². The van der Waals surface area contributed by atoms with Crippen LogP contribution in [0.25, 0.3) is 0 Å². The molecule has 2 rings (SSSR count). The van der Waals surface area contributed by atoms with Crippen LogP contribution in [0.15, 0.2) is 4.99 Å². The van der Waals surface area contributed by atoms with Gasteiger partial charge in [-0.2, -0.15) is 0 Å². The van der Waals surface area contributed by atoms with E-state index in [1.54, 1.807) is 0 Å². The second kappa shape index (κ2) is 11.9. The molecule has 0 aromatic rings. The van der Waals surface area contributed by atoms with Crippen LogP contribution < -0.4 is 5.32 Å². The number of aliphatic hydroxyl groups excluding tert-OH is 1. The predicted molar refractivity (Wildman–Crippen MR) is 110 cm³/mol.